The van der Waals surface area contributed by atoms with Crippen molar-refractivity contribution in [2.75, 3.05) is 40.9 Å². The molecular weight excluding hydrogens is 1010 g/mol. The molecule has 10 heteroatoms. The van der Waals surface area contributed by atoms with E-state index in [9.17, 15) is 19.0 Å². The van der Waals surface area contributed by atoms with Crippen molar-refractivity contribution < 1.29 is 37.3 Å². The van der Waals surface area contributed by atoms with Gasteiger partial charge in [0.05, 0.1) is 33.8 Å². The molecule has 1 amide bonds. The molecule has 0 radical (unpaired) electrons. The van der Waals surface area contributed by atoms with E-state index < -0.39 is 32.5 Å². The van der Waals surface area contributed by atoms with Gasteiger partial charge in [-0.3, -0.25) is 14.2 Å². The standard InChI is InChI=1S/C70H119N2O7P/c1-7-10-13-16-19-22-25-28-30-32-34-36-38-40-42-44-47-50-53-56-59-62-69(73)71-67(66-78-80(75,76)77-65-64-72(4,5)6)68(61-58-55-52-49-46-27-24-21-18-15-12-9-3)79-70(74)63-60-57-54-51-48-45-43-41-39-37-35-33-31-29-26-23-20-17-14-11-8-2/h11,14,19-20,22-23,28-31,34-37,40-43,48,51,58,61,67-68H,7-10,12-13,15-18,21,24-27,32-33,38-39,44-47,49-50,52-57,59-60,62-66H2,1-6H3,(H-,71,73,75,76)/b14-11-,22-19-,23-20-,30-28-,31-29-,36-34-,37-35-,42-40-,43-41-,51-48-,61-58+. The van der Waals surface area contributed by atoms with E-state index in [1.807, 2.05) is 33.3 Å². The molecule has 3 atom stereocenters. The number of esters is 1. The molecule has 0 spiro atoms. The molecule has 456 valence electrons. The van der Waals surface area contributed by atoms with Crippen LogP contribution in [0.2, 0.25) is 0 Å². The summed E-state index contributed by atoms with van der Waals surface area (Å²) in [6.45, 7) is 6.64. The molecule has 0 bridgehead atoms. The zero-order valence-electron chi connectivity index (χ0n) is 52.0. The third kappa shape index (κ3) is 58.8. The summed E-state index contributed by atoms with van der Waals surface area (Å²) in [5.74, 6) is -0.622. The Morgan fingerprint density at radius 1 is 0.450 bits per heavy atom. The highest BCUT2D eigenvalue weighted by Gasteiger charge is 2.27. The quantitative estimate of drug-likeness (QED) is 0.0212. The van der Waals surface area contributed by atoms with E-state index in [2.05, 4.69) is 148 Å². The van der Waals surface area contributed by atoms with Gasteiger partial charge in [0, 0.05) is 12.8 Å². The Labute approximate surface area is 492 Å². The Bertz CT molecular complexity index is 1830. The molecule has 0 aromatic heterocycles. The molecular formula is C70H119N2O7P. The molecule has 0 aliphatic carbocycles. The van der Waals surface area contributed by atoms with Crippen molar-refractivity contribution in [1.29, 1.82) is 0 Å². The molecule has 0 saturated heterocycles. The predicted molar refractivity (Wildman–Crippen MR) is 343 cm³/mol. The van der Waals surface area contributed by atoms with E-state index in [1.54, 1.807) is 0 Å². The van der Waals surface area contributed by atoms with Gasteiger partial charge in [-0.2, -0.15) is 0 Å². The van der Waals surface area contributed by atoms with E-state index >= 15 is 0 Å². The van der Waals surface area contributed by atoms with Gasteiger partial charge in [-0.05, 0) is 128 Å². The van der Waals surface area contributed by atoms with Gasteiger partial charge in [-0.15, -0.1) is 0 Å². The lowest BCUT2D eigenvalue weighted by atomic mass is 10.0. The fraction of sp³-hybridized carbons (Fsp3) is 0.657. The number of carbonyl (C=O) groups excluding carboxylic acids is 2. The van der Waals surface area contributed by atoms with E-state index in [1.165, 1.54) is 77.0 Å². The summed E-state index contributed by atoms with van der Waals surface area (Å²) in [4.78, 5) is 40.0. The average molecular weight is 1130 g/mol. The second-order valence-electron chi connectivity index (χ2n) is 22.2. The molecule has 0 saturated carbocycles. The van der Waals surface area contributed by atoms with Gasteiger partial charge < -0.3 is 28.5 Å². The van der Waals surface area contributed by atoms with Crippen molar-refractivity contribution in [2.45, 2.75) is 258 Å². The second-order valence-corrected chi connectivity index (χ2v) is 23.6. The van der Waals surface area contributed by atoms with Crippen LogP contribution < -0.4 is 10.2 Å². The number of unbranched alkanes of at least 4 members (excludes halogenated alkanes) is 20. The van der Waals surface area contributed by atoms with Crippen molar-refractivity contribution in [1.82, 2.24) is 5.32 Å². The summed E-state index contributed by atoms with van der Waals surface area (Å²) < 4.78 is 30.3. The monoisotopic (exact) mass is 1130 g/mol. The molecule has 3 unspecified atom stereocenters. The molecule has 1 N–H and O–H groups in total. The lowest BCUT2D eigenvalue weighted by molar-refractivity contribution is -0.870. The molecule has 0 aliphatic heterocycles. The third-order valence-corrected chi connectivity index (χ3v) is 14.3. The highest BCUT2D eigenvalue weighted by molar-refractivity contribution is 7.45. The maximum atomic E-state index is 13.5. The SMILES string of the molecule is CC/C=C\C/C=C\C/C=C\C/C=C\C/C=C\C/C=C\CCCCC(=O)OC(/C=C/CCCCCCCCCCCC)C(COP(=O)([O-])OCC[N+](C)(C)C)NC(=O)CCCCCCC/C=C\C/C=C\C/C=C\C/C=C\CCCCC. The maximum Gasteiger partial charge on any atom is 0.306 e. The van der Waals surface area contributed by atoms with Crippen LogP contribution in [0.3, 0.4) is 0 Å². The van der Waals surface area contributed by atoms with E-state index in [-0.39, 0.29) is 25.4 Å². The summed E-state index contributed by atoms with van der Waals surface area (Å²) in [5, 5.41) is 3.01. The first-order chi connectivity index (χ1) is 38.9. The lowest BCUT2D eigenvalue weighted by Crippen LogP contribution is -2.47. The summed E-state index contributed by atoms with van der Waals surface area (Å²) in [7, 11) is 1.13. The first-order valence-electron chi connectivity index (χ1n) is 32.0. The molecule has 0 aromatic rings. The molecule has 0 fully saturated rings. The van der Waals surface area contributed by atoms with Crippen LogP contribution in [0.4, 0.5) is 0 Å². The minimum absolute atomic E-state index is 0.0411. The zero-order chi connectivity index (χ0) is 58.6. The second kappa shape index (κ2) is 58.4. The number of hydrogen-bond donors (Lipinski definition) is 1. The highest BCUT2D eigenvalue weighted by atomic mass is 31.2. The van der Waals surface area contributed by atoms with Gasteiger partial charge in [-0.25, -0.2) is 0 Å². The number of amides is 1. The number of phosphoric ester groups is 1. The smallest absolute Gasteiger partial charge is 0.306 e. The molecule has 0 aromatic carbocycles. The predicted octanol–water partition coefficient (Wildman–Crippen LogP) is 19.4. The summed E-state index contributed by atoms with van der Waals surface area (Å²) in [5.41, 5.74) is 0. The van der Waals surface area contributed by atoms with E-state index in [4.69, 9.17) is 13.8 Å². The third-order valence-electron chi connectivity index (χ3n) is 13.3. The Morgan fingerprint density at radius 2 is 0.800 bits per heavy atom. The Kier molecular flexibility index (Phi) is 55.5. The van der Waals surface area contributed by atoms with E-state index in [0.717, 1.165) is 122 Å². The Morgan fingerprint density at radius 3 is 1.24 bits per heavy atom. The number of ether oxygens (including phenoxy) is 1. The fourth-order valence-corrected chi connectivity index (χ4v) is 9.11. The topological polar surface area (TPSA) is 114 Å². The normalized spacial score (nSPS) is 14.5. The minimum atomic E-state index is -4.73. The Hall–Kier alpha value is -3.85. The van der Waals surface area contributed by atoms with Crippen LogP contribution >= 0.6 is 7.82 Å². The van der Waals surface area contributed by atoms with Crippen LogP contribution in [0, 0.1) is 0 Å². The van der Waals surface area contributed by atoms with Gasteiger partial charge in [-0.1, -0.05) is 238 Å². The van der Waals surface area contributed by atoms with Crippen molar-refractivity contribution >= 4 is 19.7 Å². The summed E-state index contributed by atoms with van der Waals surface area (Å²) in [6, 6.07) is -0.927. The summed E-state index contributed by atoms with van der Waals surface area (Å²) >= 11 is 0. The fourth-order valence-electron chi connectivity index (χ4n) is 8.39. The van der Waals surface area contributed by atoms with Crippen LogP contribution in [-0.2, 0) is 27.9 Å². The number of nitrogens with one attached hydrogen (secondary N) is 1. The van der Waals surface area contributed by atoms with Crippen molar-refractivity contribution in [2.24, 2.45) is 0 Å². The van der Waals surface area contributed by atoms with Crippen LogP contribution in [0.1, 0.15) is 245 Å². The Balaban J connectivity index is 5.36. The van der Waals surface area contributed by atoms with Gasteiger partial charge in [0.1, 0.15) is 19.3 Å². The first-order valence-corrected chi connectivity index (χ1v) is 33.5. The average Bonchev–Trinajstić information content (AvgIpc) is 3.42. The van der Waals surface area contributed by atoms with E-state index in [0.29, 0.717) is 23.9 Å². The zero-order valence-corrected chi connectivity index (χ0v) is 52.9. The maximum absolute atomic E-state index is 13.5. The van der Waals surface area contributed by atoms with Crippen LogP contribution in [-0.4, -0.2) is 69.4 Å². The minimum Gasteiger partial charge on any atom is -0.756 e. The first kappa shape index (κ1) is 76.1. The number of allylic oxidation sites excluding steroid dienone is 21. The van der Waals surface area contributed by atoms with Crippen LogP contribution in [0.5, 0.6) is 0 Å². The van der Waals surface area contributed by atoms with Crippen molar-refractivity contribution in [3.05, 3.63) is 134 Å². The number of likely N-dealkylation sites (N-methyl/N-ethyl adjacent to an activating group) is 1. The lowest BCUT2D eigenvalue weighted by Gasteiger charge is -2.30. The van der Waals surface area contributed by atoms with Crippen LogP contribution in [0.25, 0.3) is 0 Å². The van der Waals surface area contributed by atoms with Crippen molar-refractivity contribution in [3.8, 4) is 0 Å². The molecule has 80 heavy (non-hydrogen) atoms. The molecule has 0 rings (SSSR count). The number of rotatable bonds is 56. The molecule has 0 aliphatic rings. The number of nitrogens with zero attached hydrogens (tertiary/aromatic N) is 1. The molecule has 9 nitrogen and oxygen atoms in total. The van der Waals surface area contributed by atoms with Gasteiger partial charge in [0.2, 0.25) is 5.91 Å². The number of carbonyl (C=O) groups is 2. The van der Waals surface area contributed by atoms with Gasteiger partial charge in [0.15, 0.2) is 0 Å². The molecule has 0 heterocycles. The number of phosphoric acid groups is 1. The summed E-state index contributed by atoms with van der Waals surface area (Å²) in [6.07, 6.45) is 82.8. The van der Waals surface area contributed by atoms with Crippen LogP contribution in [0.15, 0.2) is 134 Å². The van der Waals surface area contributed by atoms with Crippen molar-refractivity contribution in [3.63, 3.8) is 0 Å². The largest absolute Gasteiger partial charge is 0.756 e. The highest BCUT2D eigenvalue weighted by Crippen LogP contribution is 2.38. The van der Waals surface area contributed by atoms with Gasteiger partial charge >= 0.3 is 5.97 Å². The number of quaternary nitrogens is 1. The number of hydrogen-bond acceptors (Lipinski definition) is 7. The van der Waals surface area contributed by atoms with Gasteiger partial charge in [0.25, 0.3) is 7.82 Å².